The van der Waals surface area contributed by atoms with Gasteiger partial charge in [-0.1, -0.05) is 66.7 Å². The molecule has 3 aromatic carbocycles. The van der Waals surface area contributed by atoms with Crippen molar-refractivity contribution in [1.82, 2.24) is 4.57 Å². The topological polar surface area (TPSA) is 4.93 Å². The second-order valence-corrected chi connectivity index (χ2v) is 5.78. The van der Waals surface area contributed by atoms with Crippen molar-refractivity contribution in [3.05, 3.63) is 84.9 Å². The van der Waals surface area contributed by atoms with Crippen molar-refractivity contribution < 1.29 is 0 Å². The van der Waals surface area contributed by atoms with E-state index in [1.807, 2.05) is 0 Å². The van der Waals surface area contributed by atoms with Crippen LogP contribution in [0.1, 0.15) is 6.92 Å². The van der Waals surface area contributed by atoms with Gasteiger partial charge in [0.05, 0.1) is 0 Å². The molecule has 1 nitrogen and oxygen atoms in total. The van der Waals surface area contributed by atoms with Crippen LogP contribution in [0.2, 0.25) is 0 Å². The third-order valence-corrected chi connectivity index (χ3v) is 4.41. The molecule has 0 fully saturated rings. The van der Waals surface area contributed by atoms with Gasteiger partial charge in [0.25, 0.3) is 0 Å². The highest BCUT2D eigenvalue weighted by atomic mass is 15.0. The largest absolute Gasteiger partial charge is 0.341 e. The van der Waals surface area contributed by atoms with E-state index in [-0.39, 0.29) is 0 Å². The molecule has 1 heterocycles. The van der Waals surface area contributed by atoms with Gasteiger partial charge in [-0.2, -0.15) is 0 Å². The highest BCUT2D eigenvalue weighted by molar-refractivity contribution is 5.87. The van der Waals surface area contributed by atoms with Crippen molar-refractivity contribution in [2.45, 2.75) is 13.5 Å². The van der Waals surface area contributed by atoms with E-state index in [1.54, 1.807) is 0 Å². The molecular formula is C22H19N. The fraction of sp³-hybridized carbons (Fsp3) is 0.0909. The SMILES string of the molecule is CCn1c(-c2ccccc2)ccc1-c1ccc2ccccc2c1. The summed E-state index contributed by atoms with van der Waals surface area (Å²) in [5.74, 6) is 0. The van der Waals surface area contributed by atoms with Crippen LogP contribution in [0.5, 0.6) is 0 Å². The molecule has 0 atom stereocenters. The molecule has 0 amide bonds. The maximum absolute atomic E-state index is 2.39. The van der Waals surface area contributed by atoms with Crippen LogP contribution in [0.25, 0.3) is 33.3 Å². The fourth-order valence-electron chi connectivity index (χ4n) is 3.27. The first-order valence-corrected chi connectivity index (χ1v) is 8.11. The van der Waals surface area contributed by atoms with Gasteiger partial charge in [-0.05, 0) is 47.0 Å². The lowest BCUT2D eigenvalue weighted by Gasteiger charge is -2.12. The standard InChI is InChI=1S/C22H19N/c1-2-23-21(18-9-4-3-5-10-18)14-15-22(23)20-13-12-17-8-6-7-11-19(17)16-20/h3-16H,2H2,1H3. The summed E-state index contributed by atoms with van der Waals surface area (Å²) in [6, 6.07) is 30.3. The summed E-state index contributed by atoms with van der Waals surface area (Å²) in [5, 5.41) is 2.57. The molecule has 0 aliphatic carbocycles. The van der Waals surface area contributed by atoms with Crippen molar-refractivity contribution >= 4 is 10.8 Å². The number of aromatic nitrogens is 1. The Morgan fingerprint density at radius 1 is 0.609 bits per heavy atom. The number of hydrogen-bond donors (Lipinski definition) is 0. The van der Waals surface area contributed by atoms with Gasteiger partial charge in [0, 0.05) is 17.9 Å². The molecule has 0 aliphatic heterocycles. The molecule has 1 aromatic heterocycles. The molecule has 4 aromatic rings. The maximum atomic E-state index is 2.39. The molecule has 0 unspecified atom stereocenters. The van der Waals surface area contributed by atoms with E-state index >= 15 is 0 Å². The Kier molecular flexibility index (Phi) is 3.47. The van der Waals surface area contributed by atoms with Crippen LogP contribution in [0.3, 0.4) is 0 Å². The number of benzene rings is 3. The average molecular weight is 297 g/mol. The molecule has 112 valence electrons. The summed E-state index contributed by atoms with van der Waals surface area (Å²) in [6.45, 7) is 3.16. The summed E-state index contributed by atoms with van der Waals surface area (Å²) < 4.78 is 2.39. The van der Waals surface area contributed by atoms with Gasteiger partial charge in [-0.25, -0.2) is 0 Å². The summed E-state index contributed by atoms with van der Waals surface area (Å²) in [4.78, 5) is 0. The smallest absolute Gasteiger partial charge is 0.0485 e. The average Bonchev–Trinajstić information content (AvgIpc) is 3.06. The van der Waals surface area contributed by atoms with Gasteiger partial charge in [0.15, 0.2) is 0 Å². The van der Waals surface area contributed by atoms with Crippen molar-refractivity contribution in [2.24, 2.45) is 0 Å². The van der Waals surface area contributed by atoms with E-state index in [1.165, 1.54) is 33.3 Å². The van der Waals surface area contributed by atoms with Crippen LogP contribution in [0.4, 0.5) is 0 Å². The third-order valence-electron chi connectivity index (χ3n) is 4.41. The molecule has 1 heteroatoms. The second kappa shape index (κ2) is 5.77. The van der Waals surface area contributed by atoms with Crippen LogP contribution in [0, 0.1) is 0 Å². The summed E-state index contributed by atoms with van der Waals surface area (Å²) in [7, 11) is 0. The number of rotatable bonds is 3. The Labute approximate surface area is 136 Å². The van der Waals surface area contributed by atoms with Crippen molar-refractivity contribution in [3.8, 4) is 22.5 Å². The van der Waals surface area contributed by atoms with Crippen molar-refractivity contribution in [3.63, 3.8) is 0 Å². The van der Waals surface area contributed by atoms with Gasteiger partial charge in [0.2, 0.25) is 0 Å². The van der Waals surface area contributed by atoms with E-state index in [0.717, 1.165) is 6.54 Å². The zero-order valence-corrected chi connectivity index (χ0v) is 13.2. The van der Waals surface area contributed by atoms with Gasteiger partial charge < -0.3 is 4.57 Å². The molecule has 0 saturated heterocycles. The Hall–Kier alpha value is -2.80. The van der Waals surface area contributed by atoms with E-state index in [4.69, 9.17) is 0 Å². The monoisotopic (exact) mass is 297 g/mol. The minimum atomic E-state index is 0.958. The zero-order chi connectivity index (χ0) is 15.6. The van der Waals surface area contributed by atoms with E-state index in [9.17, 15) is 0 Å². The molecule has 0 aliphatic rings. The van der Waals surface area contributed by atoms with Crippen molar-refractivity contribution in [1.29, 1.82) is 0 Å². The summed E-state index contributed by atoms with van der Waals surface area (Å²) in [6.07, 6.45) is 0. The Bertz CT molecular complexity index is 948. The first kappa shape index (κ1) is 13.8. The predicted octanol–water partition coefficient (Wildman–Crippen LogP) is 6.00. The predicted molar refractivity (Wildman–Crippen MR) is 98.5 cm³/mol. The zero-order valence-electron chi connectivity index (χ0n) is 13.2. The quantitative estimate of drug-likeness (QED) is 0.437. The molecule has 0 saturated carbocycles. The minimum Gasteiger partial charge on any atom is -0.341 e. The molecule has 23 heavy (non-hydrogen) atoms. The number of hydrogen-bond acceptors (Lipinski definition) is 0. The van der Waals surface area contributed by atoms with E-state index < -0.39 is 0 Å². The van der Waals surface area contributed by atoms with E-state index in [0.29, 0.717) is 0 Å². The molecule has 0 radical (unpaired) electrons. The lowest BCUT2D eigenvalue weighted by Crippen LogP contribution is -1.99. The molecule has 0 bridgehead atoms. The lowest BCUT2D eigenvalue weighted by molar-refractivity contribution is 0.785. The van der Waals surface area contributed by atoms with Gasteiger partial charge in [-0.3, -0.25) is 0 Å². The fourth-order valence-corrected chi connectivity index (χ4v) is 3.27. The molecule has 0 spiro atoms. The van der Waals surface area contributed by atoms with Crippen LogP contribution < -0.4 is 0 Å². The van der Waals surface area contributed by atoms with Crippen LogP contribution in [0.15, 0.2) is 84.9 Å². The highest BCUT2D eigenvalue weighted by Crippen LogP contribution is 2.30. The van der Waals surface area contributed by atoms with Gasteiger partial charge in [0.1, 0.15) is 0 Å². The maximum Gasteiger partial charge on any atom is 0.0485 e. The van der Waals surface area contributed by atoms with Gasteiger partial charge >= 0.3 is 0 Å². The summed E-state index contributed by atoms with van der Waals surface area (Å²) in [5.41, 5.74) is 5.09. The Balaban J connectivity index is 1.86. The third kappa shape index (κ3) is 2.44. The van der Waals surface area contributed by atoms with Gasteiger partial charge in [-0.15, -0.1) is 0 Å². The van der Waals surface area contributed by atoms with Crippen LogP contribution >= 0.6 is 0 Å². The van der Waals surface area contributed by atoms with Crippen LogP contribution in [-0.4, -0.2) is 4.57 Å². The normalized spacial score (nSPS) is 11.0. The first-order chi connectivity index (χ1) is 11.4. The number of nitrogens with zero attached hydrogens (tertiary/aromatic N) is 1. The van der Waals surface area contributed by atoms with E-state index in [2.05, 4.69) is 96.4 Å². The molecular weight excluding hydrogens is 278 g/mol. The number of fused-ring (bicyclic) bond motifs is 1. The Morgan fingerprint density at radius 2 is 1.26 bits per heavy atom. The summed E-state index contributed by atoms with van der Waals surface area (Å²) >= 11 is 0. The molecule has 4 rings (SSSR count). The van der Waals surface area contributed by atoms with Crippen molar-refractivity contribution in [2.75, 3.05) is 0 Å². The highest BCUT2D eigenvalue weighted by Gasteiger charge is 2.10. The lowest BCUT2D eigenvalue weighted by atomic mass is 10.1. The minimum absolute atomic E-state index is 0.958. The van der Waals surface area contributed by atoms with Crippen LogP contribution in [-0.2, 0) is 6.54 Å². The second-order valence-electron chi connectivity index (χ2n) is 5.78. The first-order valence-electron chi connectivity index (χ1n) is 8.11. The Morgan fingerprint density at radius 3 is 2.00 bits per heavy atom. The molecule has 0 N–H and O–H groups in total.